The lowest BCUT2D eigenvalue weighted by Crippen LogP contribution is -2.32. The van der Waals surface area contributed by atoms with E-state index < -0.39 is 0 Å². The molecule has 1 aliphatic rings. The molecule has 0 amide bonds. The summed E-state index contributed by atoms with van der Waals surface area (Å²) in [7, 11) is 2.17. The fraction of sp³-hybridized carbons (Fsp3) is 0.533. The Morgan fingerprint density at radius 1 is 1.32 bits per heavy atom. The first kappa shape index (κ1) is 12.6. The van der Waals surface area contributed by atoms with Crippen LogP contribution in [-0.2, 0) is 6.54 Å². The lowest BCUT2D eigenvalue weighted by molar-refractivity contribution is 0.199. The van der Waals surface area contributed by atoms with Gasteiger partial charge in [-0.3, -0.25) is 4.90 Å². The zero-order chi connectivity index (χ0) is 13.1. The third-order valence-corrected chi connectivity index (χ3v) is 3.89. The summed E-state index contributed by atoms with van der Waals surface area (Å²) in [5, 5.41) is 3.45. The third-order valence-electron chi connectivity index (χ3n) is 3.89. The highest BCUT2D eigenvalue weighted by molar-refractivity contribution is 5.72. The Kier molecular flexibility index (Phi) is 3.80. The molecule has 1 unspecified atom stereocenters. The average Bonchev–Trinajstić information content (AvgIpc) is 2.63. The Morgan fingerprint density at radius 2 is 2.21 bits per heavy atom. The maximum atomic E-state index is 5.79. The van der Waals surface area contributed by atoms with Crippen LogP contribution in [-0.4, -0.2) is 36.1 Å². The van der Waals surface area contributed by atoms with Gasteiger partial charge in [0, 0.05) is 6.04 Å². The fourth-order valence-electron chi connectivity index (χ4n) is 2.77. The minimum Gasteiger partial charge on any atom is -0.439 e. The maximum Gasteiger partial charge on any atom is 0.209 e. The molecule has 4 nitrogen and oxygen atoms in total. The van der Waals surface area contributed by atoms with Crippen LogP contribution in [0.4, 0.5) is 0 Å². The number of para-hydroxylation sites is 2. The number of hydrogen-bond acceptors (Lipinski definition) is 4. The molecule has 0 spiro atoms. The monoisotopic (exact) mass is 259 g/mol. The molecule has 1 aromatic carbocycles. The summed E-state index contributed by atoms with van der Waals surface area (Å²) in [5.41, 5.74) is 1.84. The topological polar surface area (TPSA) is 41.3 Å². The van der Waals surface area contributed by atoms with Crippen molar-refractivity contribution in [3.63, 3.8) is 0 Å². The van der Waals surface area contributed by atoms with E-state index in [2.05, 4.69) is 22.2 Å². The van der Waals surface area contributed by atoms with Crippen molar-refractivity contribution in [2.75, 3.05) is 20.1 Å². The Morgan fingerprint density at radius 3 is 3.11 bits per heavy atom. The van der Waals surface area contributed by atoms with Gasteiger partial charge in [-0.15, -0.1) is 0 Å². The van der Waals surface area contributed by atoms with Crippen LogP contribution in [0.2, 0.25) is 0 Å². The molecular formula is C15H21N3O. The van der Waals surface area contributed by atoms with E-state index in [-0.39, 0.29) is 0 Å². The summed E-state index contributed by atoms with van der Waals surface area (Å²) in [6, 6.07) is 8.58. The summed E-state index contributed by atoms with van der Waals surface area (Å²) < 4.78 is 5.79. The second kappa shape index (κ2) is 5.72. The summed E-state index contributed by atoms with van der Waals surface area (Å²) in [6.07, 6.45) is 3.71. The second-order valence-electron chi connectivity index (χ2n) is 5.33. The number of aromatic nitrogens is 1. The van der Waals surface area contributed by atoms with Gasteiger partial charge in [0.1, 0.15) is 5.52 Å². The first-order chi connectivity index (χ1) is 9.33. The van der Waals surface area contributed by atoms with Crippen molar-refractivity contribution in [1.82, 2.24) is 15.2 Å². The molecule has 102 valence electrons. The number of rotatable bonds is 3. The predicted molar refractivity (Wildman–Crippen MR) is 76.0 cm³/mol. The van der Waals surface area contributed by atoms with Gasteiger partial charge in [-0.25, -0.2) is 4.98 Å². The van der Waals surface area contributed by atoms with Gasteiger partial charge in [0.15, 0.2) is 5.58 Å². The van der Waals surface area contributed by atoms with Crippen LogP contribution >= 0.6 is 0 Å². The van der Waals surface area contributed by atoms with Crippen LogP contribution in [0.25, 0.3) is 11.1 Å². The molecule has 1 fully saturated rings. The standard InChI is InChI=1S/C15H21N3O/c1-18(12-5-4-9-16-10-8-12)11-15-17-13-6-2-3-7-14(13)19-15/h2-3,6-7,12,16H,4-5,8-11H2,1H3. The highest BCUT2D eigenvalue weighted by Crippen LogP contribution is 2.18. The SMILES string of the molecule is CN(Cc1nc2ccccc2o1)C1CCCNCC1. The molecule has 0 bridgehead atoms. The van der Waals surface area contributed by atoms with E-state index in [0.29, 0.717) is 6.04 Å². The number of benzene rings is 1. The van der Waals surface area contributed by atoms with Crippen molar-refractivity contribution in [2.24, 2.45) is 0 Å². The maximum absolute atomic E-state index is 5.79. The van der Waals surface area contributed by atoms with Crippen molar-refractivity contribution >= 4 is 11.1 Å². The van der Waals surface area contributed by atoms with Crippen LogP contribution < -0.4 is 5.32 Å². The molecule has 3 rings (SSSR count). The van der Waals surface area contributed by atoms with E-state index in [4.69, 9.17) is 4.42 Å². The van der Waals surface area contributed by atoms with Gasteiger partial charge in [-0.05, 0) is 51.5 Å². The number of hydrogen-bond donors (Lipinski definition) is 1. The highest BCUT2D eigenvalue weighted by atomic mass is 16.3. The quantitative estimate of drug-likeness (QED) is 0.919. The molecule has 1 N–H and O–H groups in total. The Labute approximate surface area is 113 Å². The largest absolute Gasteiger partial charge is 0.439 e. The number of nitrogens with one attached hydrogen (secondary N) is 1. The van der Waals surface area contributed by atoms with Gasteiger partial charge >= 0.3 is 0 Å². The van der Waals surface area contributed by atoms with Gasteiger partial charge in [-0.1, -0.05) is 12.1 Å². The molecule has 0 aliphatic carbocycles. The molecule has 0 radical (unpaired) electrons. The van der Waals surface area contributed by atoms with Crippen molar-refractivity contribution in [2.45, 2.75) is 31.8 Å². The summed E-state index contributed by atoms with van der Waals surface area (Å²) >= 11 is 0. The summed E-state index contributed by atoms with van der Waals surface area (Å²) in [5.74, 6) is 0.820. The van der Waals surface area contributed by atoms with E-state index >= 15 is 0 Å². The molecule has 1 saturated heterocycles. The summed E-state index contributed by atoms with van der Waals surface area (Å²) in [4.78, 5) is 6.92. The Hall–Kier alpha value is -1.39. The van der Waals surface area contributed by atoms with Gasteiger partial charge in [0.2, 0.25) is 5.89 Å². The molecule has 1 aliphatic heterocycles. The van der Waals surface area contributed by atoms with Crippen LogP contribution in [0.5, 0.6) is 0 Å². The van der Waals surface area contributed by atoms with Crippen LogP contribution in [0.15, 0.2) is 28.7 Å². The molecule has 2 heterocycles. The third kappa shape index (κ3) is 2.96. The van der Waals surface area contributed by atoms with E-state index in [1.165, 1.54) is 19.3 Å². The van der Waals surface area contributed by atoms with Crippen molar-refractivity contribution in [3.05, 3.63) is 30.2 Å². The minimum atomic E-state index is 0.630. The Bertz CT molecular complexity index is 496. The van der Waals surface area contributed by atoms with Crippen LogP contribution in [0, 0.1) is 0 Å². The Balaban J connectivity index is 1.69. The molecular weight excluding hydrogens is 238 g/mol. The minimum absolute atomic E-state index is 0.630. The molecule has 19 heavy (non-hydrogen) atoms. The van der Waals surface area contributed by atoms with E-state index in [0.717, 1.165) is 36.6 Å². The molecule has 0 saturated carbocycles. The van der Waals surface area contributed by atoms with Crippen LogP contribution in [0.1, 0.15) is 25.2 Å². The van der Waals surface area contributed by atoms with Gasteiger partial charge in [0.25, 0.3) is 0 Å². The summed E-state index contributed by atoms with van der Waals surface area (Å²) in [6.45, 7) is 3.05. The second-order valence-corrected chi connectivity index (χ2v) is 5.33. The predicted octanol–water partition coefficient (Wildman–Crippen LogP) is 2.40. The normalized spacial score (nSPS) is 20.8. The smallest absolute Gasteiger partial charge is 0.209 e. The molecule has 1 aromatic heterocycles. The average molecular weight is 259 g/mol. The number of oxazole rings is 1. The first-order valence-electron chi connectivity index (χ1n) is 7.08. The molecule has 2 aromatic rings. The van der Waals surface area contributed by atoms with Gasteiger partial charge in [0.05, 0.1) is 6.54 Å². The molecule has 4 heteroatoms. The van der Waals surface area contributed by atoms with Crippen molar-refractivity contribution < 1.29 is 4.42 Å². The van der Waals surface area contributed by atoms with E-state index in [1.807, 2.05) is 24.3 Å². The zero-order valence-electron chi connectivity index (χ0n) is 11.4. The van der Waals surface area contributed by atoms with Crippen molar-refractivity contribution in [1.29, 1.82) is 0 Å². The highest BCUT2D eigenvalue weighted by Gasteiger charge is 2.18. The van der Waals surface area contributed by atoms with Gasteiger partial charge < -0.3 is 9.73 Å². The fourth-order valence-corrected chi connectivity index (χ4v) is 2.77. The van der Waals surface area contributed by atoms with Gasteiger partial charge in [-0.2, -0.15) is 0 Å². The first-order valence-corrected chi connectivity index (χ1v) is 7.08. The lowest BCUT2D eigenvalue weighted by atomic mass is 10.1. The molecule has 1 atom stereocenters. The lowest BCUT2D eigenvalue weighted by Gasteiger charge is -2.25. The number of nitrogens with zero attached hydrogens (tertiary/aromatic N) is 2. The van der Waals surface area contributed by atoms with Crippen molar-refractivity contribution in [3.8, 4) is 0 Å². The number of fused-ring (bicyclic) bond motifs is 1. The van der Waals surface area contributed by atoms with E-state index in [1.54, 1.807) is 0 Å². The zero-order valence-corrected chi connectivity index (χ0v) is 11.4. The van der Waals surface area contributed by atoms with Crippen LogP contribution in [0.3, 0.4) is 0 Å². The van der Waals surface area contributed by atoms with E-state index in [9.17, 15) is 0 Å².